The maximum Gasteiger partial charge on any atom is 0.143 e. The molecule has 1 aliphatic rings. The average Bonchev–Trinajstić information content (AvgIpc) is 3.49. The van der Waals surface area contributed by atoms with Gasteiger partial charge in [-0.15, -0.1) is 0 Å². The van der Waals surface area contributed by atoms with Gasteiger partial charge in [0.25, 0.3) is 0 Å². The van der Waals surface area contributed by atoms with E-state index in [2.05, 4.69) is 155 Å². The number of hydrogen-bond donors (Lipinski definition) is 3. The zero-order chi connectivity index (χ0) is 28.6. The summed E-state index contributed by atoms with van der Waals surface area (Å²) in [4.78, 5) is 0. The van der Waals surface area contributed by atoms with Crippen molar-refractivity contribution < 1.29 is 4.42 Å². The van der Waals surface area contributed by atoms with Crippen LogP contribution in [0.15, 0.2) is 156 Å². The molecule has 0 bridgehead atoms. The Morgan fingerprint density at radius 1 is 0.419 bits per heavy atom. The van der Waals surface area contributed by atoms with Gasteiger partial charge in [-0.3, -0.25) is 16.0 Å². The fraction of sp³-hybridized carbons (Fsp3) is 0.0769. The Morgan fingerprint density at radius 3 is 1.58 bits per heavy atom. The first kappa shape index (κ1) is 25.7. The van der Waals surface area contributed by atoms with Crippen LogP contribution < -0.4 is 16.0 Å². The number of hydrogen-bond acceptors (Lipinski definition) is 4. The summed E-state index contributed by atoms with van der Waals surface area (Å²) >= 11 is 0. The van der Waals surface area contributed by atoms with Crippen LogP contribution in [0.3, 0.4) is 0 Å². The highest BCUT2D eigenvalue weighted by Crippen LogP contribution is 2.41. The molecule has 208 valence electrons. The highest BCUT2D eigenvalue weighted by Gasteiger charge is 2.31. The molecule has 2 unspecified atom stereocenters. The molecule has 1 saturated heterocycles. The second kappa shape index (κ2) is 11.0. The van der Waals surface area contributed by atoms with Crippen LogP contribution in [0.5, 0.6) is 0 Å². The van der Waals surface area contributed by atoms with Crippen LogP contribution in [0.2, 0.25) is 0 Å². The van der Waals surface area contributed by atoms with Gasteiger partial charge in [-0.2, -0.15) is 0 Å². The van der Waals surface area contributed by atoms with Crippen LogP contribution in [0.4, 0.5) is 0 Å². The third kappa shape index (κ3) is 4.82. The third-order valence-electron chi connectivity index (χ3n) is 8.44. The van der Waals surface area contributed by atoms with Crippen LogP contribution in [-0.4, -0.2) is 0 Å². The molecule has 0 saturated carbocycles. The first-order valence-electron chi connectivity index (χ1n) is 14.8. The normalized spacial score (nSPS) is 18.7. The first-order chi connectivity index (χ1) is 21.3. The summed E-state index contributed by atoms with van der Waals surface area (Å²) in [5.74, 6) is 0. The summed E-state index contributed by atoms with van der Waals surface area (Å²) in [6, 6.07) is 53.2. The Hall–Kier alpha value is -5.00. The topological polar surface area (TPSA) is 49.2 Å². The van der Waals surface area contributed by atoms with E-state index < -0.39 is 0 Å². The van der Waals surface area contributed by atoms with Crippen molar-refractivity contribution in [2.75, 3.05) is 0 Å². The van der Waals surface area contributed by atoms with Crippen molar-refractivity contribution in [1.29, 1.82) is 0 Å². The van der Waals surface area contributed by atoms with Gasteiger partial charge in [-0.25, -0.2) is 0 Å². The van der Waals surface area contributed by atoms with Gasteiger partial charge in [0, 0.05) is 16.3 Å². The Morgan fingerprint density at radius 2 is 0.930 bits per heavy atom. The van der Waals surface area contributed by atoms with Crippen molar-refractivity contribution >= 4 is 21.9 Å². The van der Waals surface area contributed by atoms with Gasteiger partial charge >= 0.3 is 0 Å². The Kier molecular flexibility index (Phi) is 6.58. The molecule has 1 fully saturated rings. The molecule has 0 aliphatic carbocycles. The SMILES string of the molecule is c1ccc(-c2ccc(-c3ccc(C4NC(c5ccccc5)NC(c5ccccc5)N4)c4c3oc3ccccc34)cc2)cc1. The molecule has 1 aliphatic heterocycles. The molecule has 4 nitrogen and oxygen atoms in total. The Bertz CT molecular complexity index is 1950. The molecule has 2 atom stereocenters. The molecule has 8 rings (SSSR count). The predicted octanol–water partition coefficient (Wildman–Crippen LogP) is 9.10. The van der Waals surface area contributed by atoms with Crippen molar-refractivity contribution in [3.05, 3.63) is 168 Å². The molecule has 0 amide bonds. The van der Waals surface area contributed by atoms with E-state index in [1.165, 1.54) is 22.3 Å². The van der Waals surface area contributed by atoms with Crippen LogP contribution in [0, 0.1) is 0 Å². The maximum atomic E-state index is 6.64. The number of rotatable bonds is 5. The van der Waals surface area contributed by atoms with E-state index in [1.54, 1.807) is 0 Å². The van der Waals surface area contributed by atoms with Gasteiger partial charge in [-0.05, 0) is 39.4 Å². The van der Waals surface area contributed by atoms with Crippen molar-refractivity contribution in [2.45, 2.75) is 18.5 Å². The molecule has 3 N–H and O–H groups in total. The summed E-state index contributed by atoms with van der Waals surface area (Å²) in [5.41, 5.74) is 9.96. The number of fused-ring (bicyclic) bond motifs is 3. The van der Waals surface area contributed by atoms with Crippen LogP contribution in [0.25, 0.3) is 44.2 Å². The second-order valence-corrected chi connectivity index (χ2v) is 11.1. The molecule has 4 heteroatoms. The molecule has 1 aromatic heterocycles. The van der Waals surface area contributed by atoms with Crippen molar-refractivity contribution in [1.82, 2.24) is 16.0 Å². The largest absolute Gasteiger partial charge is 0.455 e. The molecule has 0 radical (unpaired) electrons. The lowest BCUT2D eigenvalue weighted by Crippen LogP contribution is -2.54. The molecular formula is C39H31N3O. The molecule has 0 spiro atoms. The second-order valence-electron chi connectivity index (χ2n) is 11.1. The fourth-order valence-corrected chi connectivity index (χ4v) is 6.29. The highest BCUT2D eigenvalue weighted by molar-refractivity contribution is 6.11. The molecular weight excluding hydrogens is 526 g/mol. The lowest BCUT2D eigenvalue weighted by molar-refractivity contribution is 0.204. The van der Waals surface area contributed by atoms with E-state index in [-0.39, 0.29) is 18.5 Å². The highest BCUT2D eigenvalue weighted by atomic mass is 16.3. The Balaban J connectivity index is 1.25. The minimum atomic E-state index is -0.130. The van der Waals surface area contributed by atoms with Gasteiger partial charge in [-0.1, -0.05) is 146 Å². The van der Waals surface area contributed by atoms with Crippen molar-refractivity contribution in [3.63, 3.8) is 0 Å². The smallest absolute Gasteiger partial charge is 0.143 e. The minimum Gasteiger partial charge on any atom is -0.455 e. The monoisotopic (exact) mass is 557 g/mol. The Labute approximate surface area is 251 Å². The molecule has 43 heavy (non-hydrogen) atoms. The van der Waals surface area contributed by atoms with E-state index in [0.717, 1.165) is 38.6 Å². The van der Waals surface area contributed by atoms with Crippen LogP contribution in [0.1, 0.15) is 35.2 Å². The van der Waals surface area contributed by atoms with E-state index >= 15 is 0 Å². The average molecular weight is 558 g/mol. The summed E-state index contributed by atoms with van der Waals surface area (Å²) in [7, 11) is 0. The first-order valence-corrected chi connectivity index (χ1v) is 14.8. The molecule has 6 aromatic carbocycles. The van der Waals surface area contributed by atoms with Crippen molar-refractivity contribution in [3.8, 4) is 22.3 Å². The van der Waals surface area contributed by atoms with Gasteiger partial charge in [0.05, 0.1) is 18.5 Å². The minimum absolute atomic E-state index is 0.0453. The predicted molar refractivity (Wildman–Crippen MR) is 175 cm³/mol. The van der Waals surface area contributed by atoms with E-state index in [0.29, 0.717) is 0 Å². The quantitative estimate of drug-likeness (QED) is 0.198. The van der Waals surface area contributed by atoms with Gasteiger partial charge in [0.15, 0.2) is 0 Å². The number of nitrogens with one attached hydrogen (secondary N) is 3. The molecule has 7 aromatic rings. The van der Waals surface area contributed by atoms with E-state index in [4.69, 9.17) is 4.42 Å². The summed E-state index contributed by atoms with van der Waals surface area (Å²) in [5, 5.41) is 13.7. The third-order valence-corrected chi connectivity index (χ3v) is 8.44. The summed E-state index contributed by atoms with van der Waals surface area (Å²) in [6.45, 7) is 0. The zero-order valence-corrected chi connectivity index (χ0v) is 23.6. The number of para-hydroxylation sites is 1. The van der Waals surface area contributed by atoms with Crippen molar-refractivity contribution in [2.24, 2.45) is 0 Å². The summed E-state index contributed by atoms with van der Waals surface area (Å²) in [6.07, 6.45) is -0.221. The van der Waals surface area contributed by atoms with Crippen LogP contribution >= 0.6 is 0 Å². The number of furan rings is 1. The summed E-state index contributed by atoms with van der Waals surface area (Å²) < 4.78 is 6.64. The van der Waals surface area contributed by atoms with E-state index in [1.807, 2.05) is 12.1 Å². The van der Waals surface area contributed by atoms with Gasteiger partial charge in [0.1, 0.15) is 11.2 Å². The standard InChI is InChI=1S/C39H31N3O/c1-4-12-26(13-5-1)27-20-22-28(23-21-27)31-24-25-33(35-32-18-10-11-19-34(32)43-36(31)35)39-41-37(29-14-6-2-7-15-29)40-38(42-39)30-16-8-3-9-17-30/h1-25,37-42H. The molecule has 2 heterocycles. The van der Waals surface area contributed by atoms with E-state index in [9.17, 15) is 0 Å². The lowest BCUT2D eigenvalue weighted by Gasteiger charge is -2.40. The van der Waals surface area contributed by atoms with Crippen LogP contribution in [-0.2, 0) is 0 Å². The maximum absolute atomic E-state index is 6.64. The lowest BCUT2D eigenvalue weighted by atomic mass is 9.95. The van der Waals surface area contributed by atoms with Gasteiger partial charge in [0.2, 0.25) is 0 Å². The fourth-order valence-electron chi connectivity index (χ4n) is 6.29. The zero-order valence-electron chi connectivity index (χ0n) is 23.6. The van der Waals surface area contributed by atoms with Gasteiger partial charge < -0.3 is 4.42 Å². The number of benzene rings is 6.